The molecule has 1 atom stereocenters. The molecule has 7 heteroatoms. The van der Waals surface area contributed by atoms with Gasteiger partial charge in [-0.05, 0) is 32.0 Å². The number of aryl methyl sites for hydroxylation is 2. The molecule has 0 amide bonds. The number of hydrogen-bond donors (Lipinski definition) is 2. The smallest absolute Gasteiger partial charge is 0.126 e. The molecule has 0 unspecified atom stereocenters. The molecular formula is C17H25N5O2. The predicted octanol–water partition coefficient (Wildman–Crippen LogP) is 0.989. The van der Waals surface area contributed by atoms with E-state index in [1.165, 1.54) is 0 Å². The summed E-state index contributed by atoms with van der Waals surface area (Å²) >= 11 is 0. The molecule has 7 nitrogen and oxygen atoms in total. The van der Waals surface area contributed by atoms with Crippen molar-refractivity contribution in [3.05, 3.63) is 35.8 Å². The number of aliphatic hydroxyl groups excluding tert-OH is 1. The number of nitrogens with one attached hydrogen (secondary N) is 1. The van der Waals surface area contributed by atoms with E-state index >= 15 is 0 Å². The van der Waals surface area contributed by atoms with E-state index in [4.69, 9.17) is 4.74 Å². The first-order valence-corrected chi connectivity index (χ1v) is 8.33. The van der Waals surface area contributed by atoms with E-state index in [1.807, 2.05) is 36.7 Å². The van der Waals surface area contributed by atoms with Gasteiger partial charge in [0.05, 0.1) is 36.9 Å². The van der Waals surface area contributed by atoms with Crippen LogP contribution in [0.1, 0.15) is 11.4 Å². The van der Waals surface area contributed by atoms with Crippen molar-refractivity contribution in [2.75, 3.05) is 44.7 Å². The monoisotopic (exact) mass is 331 g/mol. The number of β-amino-alcohol motifs (C(OH)–C–C–N with tert-alkyl or cyclic N) is 1. The summed E-state index contributed by atoms with van der Waals surface area (Å²) in [6.45, 7) is 8.38. The summed E-state index contributed by atoms with van der Waals surface area (Å²) in [4.78, 5) is 6.63. The molecule has 0 saturated carbocycles. The minimum atomic E-state index is -0.430. The Bertz CT molecular complexity index is 650. The Kier molecular flexibility index (Phi) is 5.44. The molecule has 3 rings (SSSR count). The summed E-state index contributed by atoms with van der Waals surface area (Å²) < 4.78 is 7.19. The fraction of sp³-hybridized carbons (Fsp3) is 0.529. The second-order valence-corrected chi connectivity index (χ2v) is 6.19. The number of aliphatic hydroxyl groups is 1. The van der Waals surface area contributed by atoms with Crippen molar-refractivity contribution in [2.24, 2.45) is 0 Å². The lowest BCUT2D eigenvalue weighted by Gasteiger charge is -2.28. The van der Waals surface area contributed by atoms with E-state index < -0.39 is 6.10 Å². The Hall–Kier alpha value is -1.96. The van der Waals surface area contributed by atoms with Crippen LogP contribution in [0.15, 0.2) is 24.4 Å². The van der Waals surface area contributed by atoms with Crippen LogP contribution in [-0.4, -0.2) is 70.3 Å². The molecule has 0 spiro atoms. The maximum Gasteiger partial charge on any atom is 0.126 e. The van der Waals surface area contributed by atoms with Gasteiger partial charge in [-0.25, -0.2) is 9.67 Å². The molecule has 130 valence electrons. The molecule has 0 aromatic carbocycles. The van der Waals surface area contributed by atoms with E-state index in [0.29, 0.717) is 13.1 Å². The van der Waals surface area contributed by atoms with Crippen LogP contribution in [0.25, 0.3) is 5.69 Å². The highest BCUT2D eigenvalue weighted by Gasteiger charge is 2.14. The van der Waals surface area contributed by atoms with Gasteiger partial charge in [-0.2, -0.15) is 5.10 Å². The Balaban J connectivity index is 1.51. The van der Waals surface area contributed by atoms with Crippen LogP contribution in [0.2, 0.25) is 0 Å². The number of pyridine rings is 1. The van der Waals surface area contributed by atoms with Gasteiger partial charge in [-0.15, -0.1) is 0 Å². The zero-order valence-corrected chi connectivity index (χ0v) is 14.3. The highest BCUT2D eigenvalue weighted by Crippen LogP contribution is 2.13. The van der Waals surface area contributed by atoms with Crippen LogP contribution >= 0.6 is 0 Å². The second-order valence-electron chi connectivity index (χ2n) is 6.19. The van der Waals surface area contributed by atoms with E-state index in [0.717, 1.165) is 49.2 Å². The Morgan fingerprint density at radius 1 is 1.29 bits per heavy atom. The lowest BCUT2D eigenvalue weighted by atomic mass is 10.3. The summed E-state index contributed by atoms with van der Waals surface area (Å²) in [6.07, 6.45) is 1.36. The molecule has 0 bridgehead atoms. The highest BCUT2D eigenvalue weighted by molar-refractivity contribution is 5.41. The summed E-state index contributed by atoms with van der Waals surface area (Å²) in [5.41, 5.74) is 3.00. The highest BCUT2D eigenvalue weighted by atomic mass is 16.5. The van der Waals surface area contributed by atoms with Gasteiger partial charge in [0.15, 0.2) is 0 Å². The quantitative estimate of drug-likeness (QED) is 0.822. The number of hydrogen-bond acceptors (Lipinski definition) is 6. The van der Waals surface area contributed by atoms with Gasteiger partial charge in [0.2, 0.25) is 0 Å². The van der Waals surface area contributed by atoms with Gasteiger partial charge in [0.1, 0.15) is 5.82 Å². The summed E-state index contributed by atoms with van der Waals surface area (Å²) in [6, 6.07) is 5.92. The van der Waals surface area contributed by atoms with E-state index in [9.17, 15) is 5.11 Å². The third kappa shape index (κ3) is 4.31. The van der Waals surface area contributed by atoms with Crippen LogP contribution in [0, 0.1) is 13.8 Å². The van der Waals surface area contributed by atoms with Crippen molar-refractivity contribution in [1.29, 1.82) is 0 Å². The van der Waals surface area contributed by atoms with Crippen molar-refractivity contribution in [3.8, 4) is 5.69 Å². The third-order valence-electron chi connectivity index (χ3n) is 4.09. The fourth-order valence-electron chi connectivity index (χ4n) is 2.87. The molecule has 2 N–H and O–H groups in total. The Labute approximate surface area is 142 Å². The molecule has 3 heterocycles. The van der Waals surface area contributed by atoms with Crippen molar-refractivity contribution in [3.63, 3.8) is 0 Å². The molecule has 1 aliphatic rings. The maximum absolute atomic E-state index is 10.1. The zero-order valence-electron chi connectivity index (χ0n) is 14.3. The number of aromatic nitrogens is 3. The van der Waals surface area contributed by atoms with Crippen molar-refractivity contribution >= 4 is 5.82 Å². The predicted molar refractivity (Wildman–Crippen MR) is 92.6 cm³/mol. The lowest BCUT2D eigenvalue weighted by molar-refractivity contribution is 0.0171. The summed E-state index contributed by atoms with van der Waals surface area (Å²) in [7, 11) is 0. The normalized spacial score (nSPS) is 17.0. The molecule has 2 aromatic rings. The first-order chi connectivity index (χ1) is 11.6. The van der Waals surface area contributed by atoms with Crippen molar-refractivity contribution in [1.82, 2.24) is 19.7 Å². The largest absolute Gasteiger partial charge is 0.390 e. The van der Waals surface area contributed by atoms with E-state index in [2.05, 4.69) is 20.3 Å². The molecule has 24 heavy (non-hydrogen) atoms. The number of anilines is 1. The topological polar surface area (TPSA) is 75.4 Å². The number of ether oxygens (including phenoxy) is 1. The van der Waals surface area contributed by atoms with Gasteiger partial charge >= 0.3 is 0 Å². The van der Waals surface area contributed by atoms with Crippen molar-refractivity contribution in [2.45, 2.75) is 20.0 Å². The average molecular weight is 331 g/mol. The first-order valence-electron chi connectivity index (χ1n) is 8.33. The second kappa shape index (κ2) is 7.74. The van der Waals surface area contributed by atoms with Gasteiger partial charge < -0.3 is 15.2 Å². The molecule has 0 aliphatic carbocycles. The fourth-order valence-corrected chi connectivity index (χ4v) is 2.87. The standard InChI is InChI=1S/C17H25N5O2/c1-13-9-14(2)22(20-13)15-3-4-17(18-10-15)19-11-16(23)12-21-5-7-24-8-6-21/h3-4,9-10,16,23H,5-8,11-12H2,1-2H3,(H,18,19)/t16-/m1/s1. The van der Waals surface area contributed by atoms with Gasteiger partial charge in [0.25, 0.3) is 0 Å². The van der Waals surface area contributed by atoms with Crippen LogP contribution in [-0.2, 0) is 4.74 Å². The lowest BCUT2D eigenvalue weighted by Crippen LogP contribution is -2.42. The van der Waals surface area contributed by atoms with Gasteiger partial charge in [-0.3, -0.25) is 4.90 Å². The molecule has 1 aliphatic heterocycles. The van der Waals surface area contributed by atoms with Crippen LogP contribution < -0.4 is 5.32 Å². The maximum atomic E-state index is 10.1. The average Bonchev–Trinajstić information content (AvgIpc) is 2.93. The van der Waals surface area contributed by atoms with Crippen LogP contribution in [0.5, 0.6) is 0 Å². The molecule has 2 aromatic heterocycles. The Morgan fingerprint density at radius 3 is 2.71 bits per heavy atom. The van der Waals surface area contributed by atoms with Crippen molar-refractivity contribution < 1.29 is 9.84 Å². The van der Waals surface area contributed by atoms with E-state index in [1.54, 1.807) is 6.20 Å². The number of nitrogens with zero attached hydrogens (tertiary/aromatic N) is 4. The molecule has 1 fully saturated rings. The summed E-state index contributed by atoms with van der Waals surface area (Å²) in [5, 5.41) is 17.8. The van der Waals surface area contributed by atoms with Gasteiger partial charge in [-0.1, -0.05) is 0 Å². The van der Waals surface area contributed by atoms with E-state index in [-0.39, 0.29) is 0 Å². The number of rotatable bonds is 6. The SMILES string of the molecule is Cc1cc(C)n(-c2ccc(NC[C@@H](O)CN3CCOCC3)nc2)n1. The molecule has 1 saturated heterocycles. The van der Waals surface area contributed by atoms with Gasteiger partial charge in [0, 0.05) is 31.9 Å². The van der Waals surface area contributed by atoms with Crippen LogP contribution in [0.4, 0.5) is 5.82 Å². The minimum absolute atomic E-state index is 0.430. The Morgan fingerprint density at radius 2 is 2.08 bits per heavy atom. The minimum Gasteiger partial charge on any atom is -0.390 e. The van der Waals surface area contributed by atoms with Crippen LogP contribution in [0.3, 0.4) is 0 Å². The number of morpholine rings is 1. The third-order valence-corrected chi connectivity index (χ3v) is 4.09. The molecular weight excluding hydrogens is 306 g/mol. The molecule has 0 radical (unpaired) electrons. The zero-order chi connectivity index (χ0) is 16.9. The summed E-state index contributed by atoms with van der Waals surface area (Å²) in [5.74, 6) is 0.751. The first kappa shape index (κ1) is 16.9.